The molecule has 0 aliphatic heterocycles. The molecule has 1 aromatic carbocycles. The predicted octanol–water partition coefficient (Wildman–Crippen LogP) is 2.46. The molecule has 0 unspecified atom stereocenters. The first kappa shape index (κ1) is 13.5. The first-order chi connectivity index (χ1) is 9.22. The van der Waals surface area contributed by atoms with E-state index in [4.69, 9.17) is 5.73 Å². The smallest absolute Gasteiger partial charge is 0.0600 e. The molecule has 0 aliphatic rings. The third kappa shape index (κ3) is 3.28. The van der Waals surface area contributed by atoms with E-state index in [0.29, 0.717) is 0 Å². The van der Waals surface area contributed by atoms with Gasteiger partial charge in [-0.25, -0.2) is 0 Å². The van der Waals surface area contributed by atoms with Gasteiger partial charge >= 0.3 is 0 Å². The molecule has 0 fully saturated rings. The standard InChI is InChI=1S/C15H22N4/c1-3-11-19(15-7-5-4-6-14(15)16)12-9-13-8-10-17-18(13)2/h4-8,10H,3,9,11-12,16H2,1-2H3. The van der Waals surface area contributed by atoms with E-state index in [-0.39, 0.29) is 0 Å². The number of aryl methyl sites for hydroxylation is 1. The Labute approximate surface area is 114 Å². The molecule has 0 amide bonds. The fourth-order valence-electron chi connectivity index (χ4n) is 2.29. The Kier molecular flexibility index (Phi) is 4.44. The van der Waals surface area contributed by atoms with E-state index < -0.39 is 0 Å². The topological polar surface area (TPSA) is 47.1 Å². The maximum absolute atomic E-state index is 6.07. The highest BCUT2D eigenvalue weighted by atomic mass is 15.3. The van der Waals surface area contributed by atoms with Crippen molar-refractivity contribution >= 4 is 11.4 Å². The molecule has 0 spiro atoms. The molecule has 4 nitrogen and oxygen atoms in total. The zero-order valence-electron chi connectivity index (χ0n) is 11.7. The second-order valence-corrected chi connectivity index (χ2v) is 4.74. The minimum atomic E-state index is 0.848. The summed E-state index contributed by atoms with van der Waals surface area (Å²) in [6, 6.07) is 10.1. The van der Waals surface area contributed by atoms with Gasteiger partial charge in [-0.15, -0.1) is 0 Å². The molecule has 0 saturated carbocycles. The normalized spacial score (nSPS) is 10.6. The molecule has 0 radical (unpaired) electrons. The van der Waals surface area contributed by atoms with Crippen LogP contribution in [0, 0.1) is 0 Å². The van der Waals surface area contributed by atoms with Crippen LogP contribution in [0.2, 0.25) is 0 Å². The predicted molar refractivity (Wildman–Crippen MR) is 80.3 cm³/mol. The molecule has 1 aromatic heterocycles. The van der Waals surface area contributed by atoms with Crippen LogP contribution in [0.25, 0.3) is 0 Å². The first-order valence-corrected chi connectivity index (χ1v) is 6.78. The Hall–Kier alpha value is -1.97. The zero-order valence-corrected chi connectivity index (χ0v) is 11.7. The second-order valence-electron chi connectivity index (χ2n) is 4.74. The summed E-state index contributed by atoms with van der Waals surface area (Å²) in [5.41, 5.74) is 9.30. The molecule has 2 aromatic rings. The summed E-state index contributed by atoms with van der Waals surface area (Å²) in [5.74, 6) is 0. The van der Waals surface area contributed by atoms with Crippen molar-refractivity contribution in [3.05, 3.63) is 42.2 Å². The van der Waals surface area contributed by atoms with E-state index in [2.05, 4.69) is 29.1 Å². The Morgan fingerprint density at radius 3 is 2.63 bits per heavy atom. The summed E-state index contributed by atoms with van der Waals surface area (Å²) in [6.45, 7) is 4.17. The number of aromatic nitrogens is 2. The molecular weight excluding hydrogens is 236 g/mol. The Bertz CT molecular complexity index is 518. The lowest BCUT2D eigenvalue weighted by molar-refractivity contribution is 0.681. The number of para-hydroxylation sites is 2. The fraction of sp³-hybridized carbons (Fsp3) is 0.400. The SMILES string of the molecule is CCCN(CCc1ccnn1C)c1ccccc1N. The van der Waals surface area contributed by atoms with E-state index in [1.165, 1.54) is 5.69 Å². The zero-order chi connectivity index (χ0) is 13.7. The highest BCUT2D eigenvalue weighted by molar-refractivity contribution is 5.67. The minimum Gasteiger partial charge on any atom is -0.397 e. The third-order valence-electron chi connectivity index (χ3n) is 3.33. The lowest BCUT2D eigenvalue weighted by Crippen LogP contribution is -2.27. The summed E-state index contributed by atoms with van der Waals surface area (Å²) < 4.78 is 1.93. The average Bonchev–Trinajstić information content (AvgIpc) is 2.81. The number of hydrogen-bond donors (Lipinski definition) is 1. The fourth-order valence-corrected chi connectivity index (χ4v) is 2.29. The van der Waals surface area contributed by atoms with E-state index >= 15 is 0 Å². The lowest BCUT2D eigenvalue weighted by atomic mass is 10.2. The monoisotopic (exact) mass is 258 g/mol. The van der Waals surface area contributed by atoms with E-state index in [1.54, 1.807) is 0 Å². The van der Waals surface area contributed by atoms with Crippen molar-refractivity contribution in [2.24, 2.45) is 7.05 Å². The van der Waals surface area contributed by atoms with E-state index in [0.717, 1.165) is 37.3 Å². The van der Waals surface area contributed by atoms with Crippen molar-refractivity contribution < 1.29 is 0 Å². The van der Waals surface area contributed by atoms with Crippen molar-refractivity contribution in [1.82, 2.24) is 9.78 Å². The molecule has 2 rings (SSSR count). The lowest BCUT2D eigenvalue weighted by Gasteiger charge is -2.25. The molecule has 0 saturated heterocycles. The summed E-state index contributed by atoms with van der Waals surface area (Å²) in [4.78, 5) is 2.35. The van der Waals surface area contributed by atoms with Gasteiger partial charge in [0, 0.05) is 38.4 Å². The van der Waals surface area contributed by atoms with Crippen LogP contribution in [0.5, 0.6) is 0 Å². The minimum absolute atomic E-state index is 0.848. The summed E-state index contributed by atoms with van der Waals surface area (Å²) >= 11 is 0. The van der Waals surface area contributed by atoms with Gasteiger partial charge in [0.25, 0.3) is 0 Å². The second kappa shape index (κ2) is 6.27. The highest BCUT2D eigenvalue weighted by Crippen LogP contribution is 2.22. The average molecular weight is 258 g/mol. The Morgan fingerprint density at radius 1 is 1.21 bits per heavy atom. The van der Waals surface area contributed by atoms with Crippen LogP contribution in [0.3, 0.4) is 0 Å². The number of benzene rings is 1. The maximum Gasteiger partial charge on any atom is 0.0600 e. The van der Waals surface area contributed by atoms with E-state index in [1.807, 2.05) is 36.1 Å². The van der Waals surface area contributed by atoms with E-state index in [9.17, 15) is 0 Å². The van der Waals surface area contributed by atoms with Crippen LogP contribution >= 0.6 is 0 Å². The maximum atomic E-state index is 6.07. The molecule has 0 aliphatic carbocycles. The molecule has 102 valence electrons. The third-order valence-corrected chi connectivity index (χ3v) is 3.33. The van der Waals surface area contributed by atoms with Gasteiger partial charge in [0.2, 0.25) is 0 Å². The van der Waals surface area contributed by atoms with Crippen LogP contribution < -0.4 is 10.6 Å². The van der Waals surface area contributed by atoms with Gasteiger partial charge in [-0.2, -0.15) is 5.10 Å². The van der Waals surface area contributed by atoms with Crippen molar-refractivity contribution in [2.75, 3.05) is 23.7 Å². The molecular formula is C15H22N4. The number of hydrogen-bond acceptors (Lipinski definition) is 3. The van der Waals surface area contributed by atoms with Crippen LogP contribution in [-0.4, -0.2) is 22.9 Å². The van der Waals surface area contributed by atoms with Gasteiger partial charge < -0.3 is 10.6 Å². The largest absolute Gasteiger partial charge is 0.397 e. The van der Waals surface area contributed by atoms with Crippen LogP contribution in [-0.2, 0) is 13.5 Å². The van der Waals surface area contributed by atoms with Crippen LogP contribution in [0.1, 0.15) is 19.0 Å². The molecule has 1 heterocycles. The Balaban J connectivity index is 2.09. The van der Waals surface area contributed by atoms with Crippen molar-refractivity contribution in [1.29, 1.82) is 0 Å². The number of nitrogen functional groups attached to an aromatic ring is 1. The van der Waals surface area contributed by atoms with Gasteiger partial charge in [0.05, 0.1) is 11.4 Å². The summed E-state index contributed by atoms with van der Waals surface area (Å²) in [6.07, 6.45) is 3.93. The van der Waals surface area contributed by atoms with Gasteiger partial charge in [0.1, 0.15) is 0 Å². The summed E-state index contributed by atoms with van der Waals surface area (Å²) in [7, 11) is 1.98. The van der Waals surface area contributed by atoms with Crippen LogP contribution in [0.15, 0.2) is 36.5 Å². The van der Waals surface area contributed by atoms with Crippen LogP contribution in [0.4, 0.5) is 11.4 Å². The van der Waals surface area contributed by atoms with Gasteiger partial charge in [-0.1, -0.05) is 19.1 Å². The van der Waals surface area contributed by atoms with Crippen molar-refractivity contribution in [2.45, 2.75) is 19.8 Å². The molecule has 0 atom stereocenters. The molecule has 0 bridgehead atoms. The number of rotatable bonds is 6. The number of anilines is 2. The number of nitrogens with two attached hydrogens (primary N) is 1. The van der Waals surface area contributed by atoms with Crippen molar-refractivity contribution in [3.63, 3.8) is 0 Å². The first-order valence-electron chi connectivity index (χ1n) is 6.78. The quantitative estimate of drug-likeness (QED) is 0.810. The van der Waals surface area contributed by atoms with Crippen molar-refractivity contribution in [3.8, 4) is 0 Å². The van der Waals surface area contributed by atoms with Gasteiger partial charge in [0.15, 0.2) is 0 Å². The van der Waals surface area contributed by atoms with Gasteiger partial charge in [-0.3, -0.25) is 4.68 Å². The number of nitrogens with zero attached hydrogens (tertiary/aromatic N) is 3. The molecule has 4 heteroatoms. The molecule has 19 heavy (non-hydrogen) atoms. The Morgan fingerprint density at radius 2 is 2.00 bits per heavy atom. The molecule has 2 N–H and O–H groups in total. The summed E-state index contributed by atoms with van der Waals surface area (Å²) in [5, 5.41) is 4.20. The highest BCUT2D eigenvalue weighted by Gasteiger charge is 2.09. The van der Waals surface area contributed by atoms with Gasteiger partial charge in [-0.05, 0) is 24.6 Å².